The molecule has 0 saturated carbocycles. The Morgan fingerprint density at radius 2 is 2.38 bits per heavy atom. The van der Waals surface area contributed by atoms with E-state index < -0.39 is 11.9 Å². The van der Waals surface area contributed by atoms with Gasteiger partial charge in [0.2, 0.25) is 0 Å². The summed E-state index contributed by atoms with van der Waals surface area (Å²) in [6, 6.07) is 0. The van der Waals surface area contributed by atoms with Gasteiger partial charge >= 0.3 is 5.97 Å². The lowest BCUT2D eigenvalue weighted by atomic mass is 10.4. The number of nitrogens with zero attached hydrogens (tertiary/aromatic N) is 3. The Balaban J connectivity index is 2.56. The fourth-order valence-corrected chi connectivity index (χ4v) is 1.09. The Hall–Kier alpha value is -1.70. The van der Waals surface area contributed by atoms with Gasteiger partial charge in [0.15, 0.2) is 5.69 Å². The van der Waals surface area contributed by atoms with Crippen LogP contribution in [-0.2, 0) is 11.3 Å². The summed E-state index contributed by atoms with van der Waals surface area (Å²) in [4.78, 5) is 23.4. The average molecular weight is 289 g/mol. The summed E-state index contributed by atoms with van der Waals surface area (Å²) in [6.07, 6.45) is 2.97. The van der Waals surface area contributed by atoms with Crippen LogP contribution in [0.3, 0.4) is 0 Å². The number of hydrogen-bond acceptors (Lipinski definition) is 4. The first-order valence-corrected chi connectivity index (χ1v) is 5.20. The van der Waals surface area contributed by atoms with E-state index in [4.69, 9.17) is 5.11 Å². The summed E-state index contributed by atoms with van der Waals surface area (Å²) in [6.45, 7) is 0.0391. The van der Waals surface area contributed by atoms with Gasteiger partial charge in [-0.3, -0.25) is 9.59 Å². The first-order chi connectivity index (χ1) is 7.63. The van der Waals surface area contributed by atoms with Crippen molar-refractivity contribution in [3.63, 3.8) is 0 Å². The van der Waals surface area contributed by atoms with Gasteiger partial charge in [0.1, 0.15) is 6.54 Å². The fraction of sp³-hybridized carbons (Fsp3) is 0.250. The van der Waals surface area contributed by atoms with Crippen molar-refractivity contribution in [1.29, 1.82) is 0 Å². The molecule has 1 aromatic rings. The highest BCUT2D eigenvalue weighted by atomic mass is 79.9. The van der Waals surface area contributed by atoms with Gasteiger partial charge in [0, 0.05) is 6.54 Å². The number of aromatic nitrogens is 3. The summed E-state index contributed by atoms with van der Waals surface area (Å²) < 4.78 is 1.08. The molecule has 2 N–H and O–H groups in total. The van der Waals surface area contributed by atoms with Crippen LogP contribution in [0.4, 0.5) is 0 Å². The van der Waals surface area contributed by atoms with Crippen molar-refractivity contribution >= 4 is 27.8 Å². The highest BCUT2D eigenvalue weighted by molar-refractivity contribution is 9.11. The topological polar surface area (TPSA) is 97.1 Å². The SMILES string of the molecule is O=C(O)Cn1cc(C(=O)NC/C=C/Br)nn1. The van der Waals surface area contributed by atoms with E-state index in [-0.39, 0.29) is 12.2 Å². The number of carboxylic acid groups (broad SMARTS) is 1. The van der Waals surface area contributed by atoms with Crippen molar-refractivity contribution in [3.8, 4) is 0 Å². The van der Waals surface area contributed by atoms with Gasteiger partial charge in [0.05, 0.1) is 6.20 Å². The van der Waals surface area contributed by atoms with Crippen molar-refractivity contribution in [2.75, 3.05) is 6.54 Å². The molecular formula is C8H9BrN4O3. The molecule has 0 bridgehead atoms. The molecule has 86 valence electrons. The van der Waals surface area contributed by atoms with E-state index in [9.17, 15) is 9.59 Å². The zero-order valence-electron chi connectivity index (χ0n) is 8.13. The average Bonchev–Trinajstić information content (AvgIpc) is 2.65. The van der Waals surface area contributed by atoms with Gasteiger partial charge in [0.25, 0.3) is 5.91 Å². The third-order valence-corrected chi connectivity index (χ3v) is 1.91. The fourth-order valence-electron chi connectivity index (χ4n) is 0.905. The molecule has 0 fully saturated rings. The molecule has 0 atom stereocenters. The maximum absolute atomic E-state index is 11.4. The molecule has 16 heavy (non-hydrogen) atoms. The van der Waals surface area contributed by atoms with E-state index in [2.05, 4.69) is 31.6 Å². The number of carboxylic acids is 1. The molecule has 0 aromatic carbocycles. The molecular weight excluding hydrogens is 280 g/mol. The van der Waals surface area contributed by atoms with Crippen LogP contribution in [0.5, 0.6) is 0 Å². The van der Waals surface area contributed by atoms with Crippen molar-refractivity contribution in [2.45, 2.75) is 6.54 Å². The maximum atomic E-state index is 11.4. The Bertz CT molecular complexity index is 415. The van der Waals surface area contributed by atoms with Crippen LogP contribution in [0, 0.1) is 0 Å². The second-order valence-corrected chi connectivity index (χ2v) is 3.30. The monoisotopic (exact) mass is 288 g/mol. The van der Waals surface area contributed by atoms with E-state index in [0.717, 1.165) is 4.68 Å². The summed E-state index contributed by atoms with van der Waals surface area (Å²) in [7, 11) is 0. The van der Waals surface area contributed by atoms with Crippen LogP contribution in [0.15, 0.2) is 17.3 Å². The minimum atomic E-state index is -1.04. The van der Waals surface area contributed by atoms with Gasteiger partial charge in [-0.15, -0.1) is 5.10 Å². The van der Waals surface area contributed by atoms with Crippen LogP contribution < -0.4 is 5.32 Å². The lowest BCUT2D eigenvalue weighted by Gasteiger charge is -1.96. The number of nitrogens with one attached hydrogen (secondary N) is 1. The predicted molar refractivity (Wildman–Crippen MR) is 58.1 cm³/mol. The second-order valence-electron chi connectivity index (χ2n) is 2.77. The van der Waals surface area contributed by atoms with Gasteiger partial charge in [-0.2, -0.15) is 0 Å². The molecule has 0 aliphatic rings. The minimum Gasteiger partial charge on any atom is -0.480 e. The van der Waals surface area contributed by atoms with Crippen LogP contribution >= 0.6 is 15.9 Å². The number of aliphatic carboxylic acids is 1. The summed E-state index contributed by atoms with van der Waals surface area (Å²) in [5.41, 5.74) is 0.0872. The number of carbonyl (C=O) groups excluding carboxylic acids is 1. The van der Waals surface area contributed by atoms with E-state index in [1.54, 1.807) is 11.1 Å². The van der Waals surface area contributed by atoms with Crippen LogP contribution in [-0.4, -0.2) is 38.5 Å². The lowest BCUT2D eigenvalue weighted by molar-refractivity contribution is -0.137. The van der Waals surface area contributed by atoms with Crippen molar-refractivity contribution in [2.24, 2.45) is 0 Å². The Labute approximate surface area is 99.3 Å². The van der Waals surface area contributed by atoms with E-state index in [0.29, 0.717) is 6.54 Å². The number of hydrogen-bond donors (Lipinski definition) is 2. The van der Waals surface area contributed by atoms with Gasteiger partial charge < -0.3 is 10.4 Å². The number of carbonyl (C=O) groups is 2. The summed E-state index contributed by atoms with van der Waals surface area (Å²) in [5.74, 6) is -1.44. The molecule has 0 spiro atoms. The van der Waals surface area contributed by atoms with Crippen LogP contribution in [0.2, 0.25) is 0 Å². The molecule has 0 saturated heterocycles. The molecule has 0 radical (unpaired) electrons. The van der Waals surface area contributed by atoms with E-state index >= 15 is 0 Å². The molecule has 1 heterocycles. The maximum Gasteiger partial charge on any atom is 0.325 e. The molecule has 7 nitrogen and oxygen atoms in total. The van der Waals surface area contributed by atoms with Crippen molar-refractivity contribution < 1.29 is 14.7 Å². The molecule has 1 rings (SSSR count). The van der Waals surface area contributed by atoms with E-state index in [1.165, 1.54) is 6.20 Å². The molecule has 1 aromatic heterocycles. The number of rotatable bonds is 5. The largest absolute Gasteiger partial charge is 0.480 e. The third kappa shape index (κ3) is 3.81. The highest BCUT2D eigenvalue weighted by Crippen LogP contribution is 1.93. The van der Waals surface area contributed by atoms with Gasteiger partial charge in [-0.05, 0) is 4.99 Å². The highest BCUT2D eigenvalue weighted by Gasteiger charge is 2.10. The Morgan fingerprint density at radius 1 is 1.62 bits per heavy atom. The standard InChI is InChI=1S/C8H9BrN4O3/c9-2-1-3-10-8(16)6-4-13(12-11-6)5-7(14)15/h1-2,4H,3,5H2,(H,10,16)(H,14,15)/b2-1+. The van der Waals surface area contributed by atoms with Gasteiger partial charge in [-0.1, -0.05) is 27.2 Å². The van der Waals surface area contributed by atoms with Crippen LogP contribution in [0.1, 0.15) is 10.5 Å². The zero-order chi connectivity index (χ0) is 12.0. The predicted octanol–water partition coefficient (Wildman–Crippen LogP) is 0.00110. The third-order valence-electron chi connectivity index (χ3n) is 1.54. The zero-order valence-corrected chi connectivity index (χ0v) is 9.72. The summed E-state index contributed by atoms with van der Waals surface area (Å²) >= 11 is 3.06. The number of halogens is 1. The molecule has 0 aliphatic heterocycles. The van der Waals surface area contributed by atoms with Crippen molar-refractivity contribution in [1.82, 2.24) is 20.3 Å². The normalized spacial score (nSPS) is 10.6. The van der Waals surface area contributed by atoms with Crippen LogP contribution in [0.25, 0.3) is 0 Å². The molecule has 1 amide bonds. The lowest BCUT2D eigenvalue weighted by Crippen LogP contribution is -2.23. The molecule has 0 aliphatic carbocycles. The first-order valence-electron chi connectivity index (χ1n) is 4.29. The smallest absolute Gasteiger partial charge is 0.325 e. The minimum absolute atomic E-state index is 0.0872. The molecule has 0 unspecified atom stereocenters. The summed E-state index contributed by atoms with van der Waals surface area (Å²) in [5, 5.41) is 18.1. The Kier molecular flexibility index (Phi) is 4.65. The quantitative estimate of drug-likeness (QED) is 0.795. The Morgan fingerprint density at radius 3 is 3.00 bits per heavy atom. The van der Waals surface area contributed by atoms with Gasteiger partial charge in [-0.25, -0.2) is 4.68 Å². The number of amides is 1. The second kappa shape index (κ2) is 6.01. The molecule has 8 heteroatoms. The first kappa shape index (κ1) is 12.4. The van der Waals surface area contributed by atoms with Crippen molar-refractivity contribution in [3.05, 3.63) is 23.0 Å². The van der Waals surface area contributed by atoms with E-state index in [1.807, 2.05) is 0 Å².